The summed E-state index contributed by atoms with van der Waals surface area (Å²) >= 11 is 0. The lowest BCUT2D eigenvalue weighted by Gasteiger charge is -2.34. The van der Waals surface area contributed by atoms with Gasteiger partial charge in [0.25, 0.3) is 0 Å². The van der Waals surface area contributed by atoms with Gasteiger partial charge >= 0.3 is 0 Å². The highest BCUT2D eigenvalue weighted by atomic mass is 16.2. The first-order valence-electron chi connectivity index (χ1n) is 9.46. The van der Waals surface area contributed by atoms with Gasteiger partial charge in [-0.05, 0) is 42.7 Å². The van der Waals surface area contributed by atoms with Crippen LogP contribution in [0, 0.1) is 13.8 Å². The molecule has 0 bridgehead atoms. The molecule has 3 rings (SSSR count). The van der Waals surface area contributed by atoms with Crippen molar-refractivity contribution in [1.82, 2.24) is 9.80 Å². The first-order chi connectivity index (χ1) is 12.6. The summed E-state index contributed by atoms with van der Waals surface area (Å²) in [6.07, 6.45) is 0.547. The molecule has 138 valence electrons. The molecule has 4 heteroatoms. The maximum atomic E-state index is 12.5. The van der Waals surface area contributed by atoms with Crippen LogP contribution in [0.3, 0.4) is 0 Å². The van der Waals surface area contributed by atoms with Crippen LogP contribution in [0.1, 0.15) is 23.1 Å². The second-order valence-corrected chi connectivity index (χ2v) is 7.20. The topological polar surface area (TPSA) is 35.6 Å². The summed E-state index contributed by atoms with van der Waals surface area (Å²) < 4.78 is 0. The minimum Gasteiger partial charge on any atom is -0.385 e. The van der Waals surface area contributed by atoms with E-state index in [0.717, 1.165) is 38.4 Å². The number of carbonyl (C=O) groups is 1. The number of hydrogen-bond donors (Lipinski definition) is 1. The highest BCUT2D eigenvalue weighted by Crippen LogP contribution is 2.14. The van der Waals surface area contributed by atoms with Crippen LogP contribution in [0.2, 0.25) is 0 Å². The molecule has 26 heavy (non-hydrogen) atoms. The van der Waals surface area contributed by atoms with E-state index < -0.39 is 0 Å². The number of nitrogens with zero attached hydrogens (tertiary/aromatic N) is 2. The van der Waals surface area contributed by atoms with Crippen molar-refractivity contribution in [2.45, 2.75) is 26.8 Å². The molecule has 0 aliphatic carbocycles. The van der Waals surface area contributed by atoms with Crippen LogP contribution in [0.25, 0.3) is 0 Å². The van der Waals surface area contributed by atoms with Gasteiger partial charge in [-0.2, -0.15) is 0 Å². The Morgan fingerprint density at radius 2 is 1.62 bits per heavy atom. The minimum absolute atomic E-state index is 0.251. The molecule has 4 nitrogen and oxygen atoms in total. The molecule has 1 aliphatic rings. The molecule has 0 atom stereocenters. The zero-order chi connectivity index (χ0) is 18.4. The third-order valence-corrected chi connectivity index (χ3v) is 4.86. The number of nitrogens with one attached hydrogen (secondary N) is 1. The molecule has 1 aliphatic heterocycles. The molecule has 0 unspecified atom stereocenters. The Labute approximate surface area is 156 Å². The van der Waals surface area contributed by atoms with E-state index in [-0.39, 0.29) is 5.91 Å². The molecule has 1 fully saturated rings. The van der Waals surface area contributed by atoms with Crippen LogP contribution < -0.4 is 5.32 Å². The Bertz CT molecular complexity index is 701. The third kappa shape index (κ3) is 5.33. The molecular weight excluding hydrogens is 322 g/mol. The predicted molar refractivity (Wildman–Crippen MR) is 107 cm³/mol. The molecule has 2 aromatic carbocycles. The minimum atomic E-state index is 0.251. The second-order valence-electron chi connectivity index (χ2n) is 7.20. The van der Waals surface area contributed by atoms with Crippen LogP contribution in [0.5, 0.6) is 0 Å². The van der Waals surface area contributed by atoms with E-state index in [0.29, 0.717) is 13.0 Å². The summed E-state index contributed by atoms with van der Waals surface area (Å²) in [7, 11) is 0. The Hall–Kier alpha value is -2.33. The second kappa shape index (κ2) is 8.86. The van der Waals surface area contributed by atoms with E-state index in [1.165, 1.54) is 16.7 Å². The summed E-state index contributed by atoms with van der Waals surface area (Å²) in [4.78, 5) is 16.9. The molecular formula is C22H29N3O. The Morgan fingerprint density at radius 3 is 2.27 bits per heavy atom. The smallest absolute Gasteiger partial charge is 0.224 e. The predicted octanol–water partition coefficient (Wildman–Crippen LogP) is 3.45. The quantitative estimate of drug-likeness (QED) is 0.866. The summed E-state index contributed by atoms with van der Waals surface area (Å²) in [5.74, 6) is 0.251. The van der Waals surface area contributed by atoms with Gasteiger partial charge in [-0.25, -0.2) is 0 Å². The van der Waals surface area contributed by atoms with Crippen LogP contribution in [0.15, 0.2) is 48.5 Å². The fourth-order valence-corrected chi connectivity index (χ4v) is 3.55. The molecule has 1 amide bonds. The number of anilines is 1. The molecule has 1 heterocycles. The van der Waals surface area contributed by atoms with E-state index in [1.54, 1.807) is 0 Å². The van der Waals surface area contributed by atoms with Gasteiger partial charge in [-0.3, -0.25) is 9.69 Å². The normalized spacial score (nSPS) is 15.1. The fourth-order valence-electron chi connectivity index (χ4n) is 3.55. The van der Waals surface area contributed by atoms with Crippen molar-refractivity contribution in [2.24, 2.45) is 0 Å². The SMILES string of the molecule is Cc1cc(C)cc(NCCC(=O)N2CCN(Cc3ccccc3)CC2)c1. The molecule has 0 spiro atoms. The van der Waals surface area contributed by atoms with Crippen molar-refractivity contribution in [2.75, 3.05) is 38.0 Å². The molecule has 0 saturated carbocycles. The maximum Gasteiger partial charge on any atom is 0.224 e. The lowest BCUT2D eigenvalue weighted by atomic mass is 10.1. The summed E-state index contributed by atoms with van der Waals surface area (Å²) in [5, 5.41) is 3.38. The molecule has 0 aromatic heterocycles. The summed E-state index contributed by atoms with van der Waals surface area (Å²) in [5.41, 5.74) is 4.93. The van der Waals surface area contributed by atoms with Crippen LogP contribution in [-0.4, -0.2) is 48.4 Å². The van der Waals surface area contributed by atoms with Crippen LogP contribution in [0.4, 0.5) is 5.69 Å². The first kappa shape index (κ1) is 18.5. The Morgan fingerprint density at radius 1 is 0.962 bits per heavy atom. The fraction of sp³-hybridized carbons (Fsp3) is 0.409. The lowest BCUT2D eigenvalue weighted by Crippen LogP contribution is -2.48. The van der Waals surface area contributed by atoms with E-state index in [4.69, 9.17) is 0 Å². The van der Waals surface area contributed by atoms with Gasteiger partial charge in [0.2, 0.25) is 5.91 Å². The Balaban J connectivity index is 1.39. The largest absolute Gasteiger partial charge is 0.385 e. The highest BCUT2D eigenvalue weighted by molar-refractivity contribution is 5.76. The van der Waals surface area contributed by atoms with Gasteiger partial charge in [-0.1, -0.05) is 36.4 Å². The zero-order valence-electron chi connectivity index (χ0n) is 15.9. The van der Waals surface area contributed by atoms with Gasteiger partial charge in [0.1, 0.15) is 0 Å². The van der Waals surface area contributed by atoms with E-state index >= 15 is 0 Å². The number of amides is 1. The highest BCUT2D eigenvalue weighted by Gasteiger charge is 2.20. The average molecular weight is 351 g/mol. The number of aryl methyl sites for hydroxylation is 2. The van der Waals surface area contributed by atoms with Gasteiger partial charge in [-0.15, -0.1) is 0 Å². The average Bonchev–Trinajstić information content (AvgIpc) is 2.62. The molecule has 1 saturated heterocycles. The van der Waals surface area contributed by atoms with Gasteiger partial charge in [0.15, 0.2) is 0 Å². The van der Waals surface area contributed by atoms with E-state index in [1.807, 2.05) is 11.0 Å². The van der Waals surface area contributed by atoms with Crippen molar-refractivity contribution in [3.63, 3.8) is 0 Å². The van der Waals surface area contributed by atoms with Gasteiger partial charge < -0.3 is 10.2 Å². The first-order valence-corrected chi connectivity index (χ1v) is 9.46. The van der Waals surface area contributed by atoms with Crippen molar-refractivity contribution in [3.8, 4) is 0 Å². The van der Waals surface area contributed by atoms with Crippen LogP contribution >= 0.6 is 0 Å². The van der Waals surface area contributed by atoms with Crippen molar-refractivity contribution in [3.05, 3.63) is 65.2 Å². The summed E-state index contributed by atoms with van der Waals surface area (Å²) in [6.45, 7) is 9.40. The zero-order valence-corrected chi connectivity index (χ0v) is 15.9. The standard InChI is InChI=1S/C22H29N3O/c1-18-14-19(2)16-21(15-18)23-9-8-22(26)25-12-10-24(11-13-25)17-20-6-4-3-5-7-20/h3-7,14-16,23H,8-13,17H2,1-2H3. The maximum absolute atomic E-state index is 12.5. The van der Waals surface area contributed by atoms with Crippen molar-refractivity contribution >= 4 is 11.6 Å². The Kier molecular flexibility index (Phi) is 6.29. The van der Waals surface area contributed by atoms with Gasteiger partial charge in [0, 0.05) is 51.4 Å². The molecule has 1 N–H and O–H groups in total. The number of rotatable bonds is 6. The third-order valence-electron chi connectivity index (χ3n) is 4.86. The molecule has 0 radical (unpaired) electrons. The van der Waals surface area contributed by atoms with E-state index in [9.17, 15) is 4.79 Å². The molecule has 2 aromatic rings. The number of piperazine rings is 1. The number of carbonyl (C=O) groups excluding carboxylic acids is 1. The number of benzene rings is 2. The van der Waals surface area contributed by atoms with Crippen molar-refractivity contribution in [1.29, 1.82) is 0 Å². The lowest BCUT2D eigenvalue weighted by molar-refractivity contribution is -0.132. The number of hydrogen-bond acceptors (Lipinski definition) is 3. The summed E-state index contributed by atoms with van der Waals surface area (Å²) in [6, 6.07) is 16.9. The van der Waals surface area contributed by atoms with Crippen LogP contribution in [-0.2, 0) is 11.3 Å². The van der Waals surface area contributed by atoms with E-state index in [2.05, 4.69) is 66.5 Å². The van der Waals surface area contributed by atoms with Gasteiger partial charge in [0.05, 0.1) is 0 Å². The monoisotopic (exact) mass is 351 g/mol. The van der Waals surface area contributed by atoms with Crippen molar-refractivity contribution < 1.29 is 4.79 Å².